The van der Waals surface area contributed by atoms with Gasteiger partial charge >= 0.3 is 0 Å². The van der Waals surface area contributed by atoms with E-state index in [2.05, 4.69) is 75.8 Å². The van der Waals surface area contributed by atoms with Gasteiger partial charge in [0.15, 0.2) is 11.5 Å². The topological polar surface area (TPSA) is 109 Å². The third-order valence-electron chi connectivity index (χ3n) is 6.05. The molecule has 0 radical (unpaired) electrons. The van der Waals surface area contributed by atoms with Gasteiger partial charge in [0.2, 0.25) is 5.95 Å². The summed E-state index contributed by atoms with van der Waals surface area (Å²) in [4.78, 5) is 18.6. The van der Waals surface area contributed by atoms with Gasteiger partial charge in [-0.15, -0.1) is 10.2 Å². The molecule has 8 heteroatoms. The number of nitrogens with one attached hydrogen (secondary N) is 2. The highest BCUT2D eigenvalue weighted by Crippen LogP contribution is 2.26. The van der Waals surface area contributed by atoms with E-state index in [1.54, 1.807) is 0 Å². The van der Waals surface area contributed by atoms with Crippen LogP contribution in [0.25, 0.3) is 0 Å². The Morgan fingerprint density at radius 1 is 1.03 bits per heavy atom. The standard InChI is InChI=1S/C26H33N7O/c1-17-7-11-20(12-8-17)29-24-22(23(27)34)31-32-25(30-24)33-15-5-6-21(16-33)28-19-13-9-18(10-14-19)26(2,3)4/h7-14,21,28H,5-6,15-16H2,1-4H3,(H2,27,34)(H,29,30,32). The normalized spacial score (nSPS) is 16.2. The minimum Gasteiger partial charge on any atom is -0.381 e. The number of hydrogen-bond acceptors (Lipinski definition) is 7. The number of anilines is 4. The molecule has 0 spiro atoms. The summed E-state index contributed by atoms with van der Waals surface area (Å²) in [7, 11) is 0. The summed E-state index contributed by atoms with van der Waals surface area (Å²) in [6, 6.07) is 16.7. The van der Waals surface area contributed by atoms with E-state index in [0.717, 1.165) is 42.9 Å². The number of carbonyl (C=O) groups is 1. The molecule has 0 bridgehead atoms. The van der Waals surface area contributed by atoms with Crippen molar-refractivity contribution in [1.29, 1.82) is 0 Å². The summed E-state index contributed by atoms with van der Waals surface area (Å²) in [5.41, 5.74) is 10.0. The van der Waals surface area contributed by atoms with Crippen molar-refractivity contribution in [1.82, 2.24) is 15.2 Å². The molecule has 4 rings (SSSR count). The zero-order chi connectivity index (χ0) is 24.3. The number of aryl methyl sites for hydroxylation is 1. The Morgan fingerprint density at radius 2 is 1.71 bits per heavy atom. The van der Waals surface area contributed by atoms with E-state index in [1.165, 1.54) is 5.56 Å². The molecule has 8 nitrogen and oxygen atoms in total. The van der Waals surface area contributed by atoms with Crippen LogP contribution >= 0.6 is 0 Å². The fourth-order valence-electron chi connectivity index (χ4n) is 4.06. The molecule has 2 heterocycles. The van der Waals surface area contributed by atoms with E-state index in [4.69, 9.17) is 5.73 Å². The van der Waals surface area contributed by atoms with Crippen molar-refractivity contribution >= 4 is 29.0 Å². The molecule has 4 N–H and O–H groups in total. The predicted molar refractivity (Wildman–Crippen MR) is 137 cm³/mol. The lowest BCUT2D eigenvalue weighted by Crippen LogP contribution is -2.43. The summed E-state index contributed by atoms with van der Waals surface area (Å²) in [5, 5.41) is 15.1. The van der Waals surface area contributed by atoms with Crippen LogP contribution in [0.15, 0.2) is 48.5 Å². The van der Waals surface area contributed by atoms with E-state index < -0.39 is 5.91 Å². The average molecular weight is 460 g/mol. The smallest absolute Gasteiger partial charge is 0.273 e. The van der Waals surface area contributed by atoms with E-state index in [1.807, 2.05) is 31.2 Å². The monoisotopic (exact) mass is 459 g/mol. The Bertz CT molecular complexity index is 1140. The largest absolute Gasteiger partial charge is 0.381 e. The molecule has 1 fully saturated rings. The van der Waals surface area contributed by atoms with Crippen molar-refractivity contribution in [2.75, 3.05) is 28.6 Å². The van der Waals surface area contributed by atoms with Crippen LogP contribution < -0.4 is 21.3 Å². The second-order valence-electron chi connectivity index (χ2n) is 9.92. The van der Waals surface area contributed by atoms with Gasteiger partial charge in [0.05, 0.1) is 0 Å². The van der Waals surface area contributed by atoms with Gasteiger partial charge in [-0.3, -0.25) is 4.79 Å². The van der Waals surface area contributed by atoms with Crippen LogP contribution in [0.3, 0.4) is 0 Å². The number of nitrogens with two attached hydrogens (primary N) is 1. The summed E-state index contributed by atoms with van der Waals surface area (Å²) in [6.45, 7) is 10.2. The highest BCUT2D eigenvalue weighted by atomic mass is 16.1. The first-order chi connectivity index (χ1) is 16.2. The van der Waals surface area contributed by atoms with Crippen LogP contribution in [-0.4, -0.2) is 40.2 Å². The quantitative estimate of drug-likeness (QED) is 0.501. The molecule has 1 aliphatic rings. The minimum atomic E-state index is -0.668. The van der Waals surface area contributed by atoms with Crippen molar-refractivity contribution in [2.24, 2.45) is 5.73 Å². The second kappa shape index (κ2) is 9.67. The Labute approximate surface area is 201 Å². The first-order valence-electron chi connectivity index (χ1n) is 11.7. The number of aromatic nitrogens is 3. The summed E-state index contributed by atoms with van der Waals surface area (Å²) in [6.07, 6.45) is 2.05. The average Bonchev–Trinajstić information content (AvgIpc) is 2.80. The van der Waals surface area contributed by atoms with E-state index in [9.17, 15) is 4.79 Å². The number of primary amides is 1. The van der Waals surface area contributed by atoms with E-state index >= 15 is 0 Å². The first-order valence-corrected chi connectivity index (χ1v) is 11.7. The highest BCUT2D eigenvalue weighted by molar-refractivity contribution is 5.96. The molecular formula is C26H33N7O. The number of benzene rings is 2. The van der Waals surface area contributed by atoms with Crippen molar-refractivity contribution in [2.45, 2.75) is 52.0 Å². The lowest BCUT2D eigenvalue weighted by Gasteiger charge is -2.33. The molecule has 0 saturated carbocycles. The lowest BCUT2D eigenvalue weighted by molar-refractivity contribution is 0.0995. The molecule has 178 valence electrons. The molecule has 34 heavy (non-hydrogen) atoms. The first kappa shape index (κ1) is 23.5. The third kappa shape index (κ3) is 5.62. The molecule has 1 unspecified atom stereocenters. The van der Waals surface area contributed by atoms with Crippen LogP contribution in [-0.2, 0) is 5.41 Å². The number of hydrogen-bond donors (Lipinski definition) is 3. The molecule has 0 aliphatic carbocycles. The molecular weight excluding hydrogens is 426 g/mol. The van der Waals surface area contributed by atoms with Crippen molar-refractivity contribution in [3.05, 3.63) is 65.4 Å². The van der Waals surface area contributed by atoms with Crippen LogP contribution in [0.2, 0.25) is 0 Å². The van der Waals surface area contributed by atoms with Gasteiger partial charge in [-0.25, -0.2) is 0 Å². The van der Waals surface area contributed by atoms with Gasteiger partial charge in [-0.05, 0) is 55.0 Å². The maximum atomic E-state index is 11.9. The maximum absolute atomic E-state index is 11.9. The van der Waals surface area contributed by atoms with Gasteiger partial charge in [0, 0.05) is 30.5 Å². The van der Waals surface area contributed by atoms with E-state index in [-0.39, 0.29) is 17.2 Å². The van der Waals surface area contributed by atoms with Crippen LogP contribution in [0.5, 0.6) is 0 Å². The van der Waals surface area contributed by atoms with Gasteiger partial charge in [0.1, 0.15) is 0 Å². The summed E-state index contributed by atoms with van der Waals surface area (Å²) in [5.74, 6) is 0.126. The predicted octanol–water partition coefficient (Wildman–Crippen LogP) is 4.40. The van der Waals surface area contributed by atoms with Crippen molar-refractivity contribution < 1.29 is 4.79 Å². The molecule has 1 aliphatic heterocycles. The van der Waals surface area contributed by atoms with Crippen LogP contribution in [0, 0.1) is 6.92 Å². The highest BCUT2D eigenvalue weighted by Gasteiger charge is 2.24. The Balaban J connectivity index is 1.49. The fraction of sp³-hybridized carbons (Fsp3) is 0.385. The molecule has 1 atom stereocenters. The molecule has 1 aromatic heterocycles. The Kier molecular flexibility index (Phi) is 6.68. The van der Waals surface area contributed by atoms with Crippen molar-refractivity contribution in [3.8, 4) is 0 Å². The van der Waals surface area contributed by atoms with Gasteiger partial charge in [0.25, 0.3) is 5.91 Å². The summed E-state index contributed by atoms with van der Waals surface area (Å²) >= 11 is 0. The van der Waals surface area contributed by atoms with Gasteiger partial charge < -0.3 is 21.3 Å². The van der Waals surface area contributed by atoms with Crippen LogP contribution in [0.4, 0.5) is 23.1 Å². The second-order valence-corrected chi connectivity index (χ2v) is 9.92. The number of nitrogens with zero attached hydrogens (tertiary/aromatic N) is 4. The summed E-state index contributed by atoms with van der Waals surface area (Å²) < 4.78 is 0. The van der Waals surface area contributed by atoms with Crippen LogP contribution in [0.1, 0.15) is 55.2 Å². The maximum Gasteiger partial charge on any atom is 0.273 e. The molecule has 1 amide bonds. The van der Waals surface area contributed by atoms with Gasteiger partial charge in [-0.1, -0.05) is 50.6 Å². The fourth-order valence-corrected chi connectivity index (χ4v) is 4.06. The van der Waals surface area contributed by atoms with Gasteiger partial charge in [-0.2, -0.15) is 4.98 Å². The molecule has 2 aromatic carbocycles. The number of amides is 1. The Morgan fingerprint density at radius 3 is 2.35 bits per heavy atom. The number of carbonyl (C=O) groups excluding carboxylic acids is 1. The minimum absolute atomic E-state index is 0.0231. The third-order valence-corrected chi connectivity index (χ3v) is 6.05. The van der Waals surface area contributed by atoms with Crippen molar-refractivity contribution in [3.63, 3.8) is 0 Å². The zero-order valence-electron chi connectivity index (χ0n) is 20.3. The Hall–Kier alpha value is -3.68. The molecule has 3 aromatic rings. The zero-order valence-corrected chi connectivity index (χ0v) is 20.3. The van der Waals surface area contributed by atoms with E-state index in [0.29, 0.717) is 11.8 Å². The number of piperidine rings is 1. The molecule has 1 saturated heterocycles. The number of rotatable bonds is 6. The lowest BCUT2D eigenvalue weighted by atomic mass is 9.87. The SMILES string of the molecule is Cc1ccc(Nc2nc(N3CCCC(Nc4ccc(C(C)(C)C)cc4)C3)nnc2C(N)=O)cc1.